The summed E-state index contributed by atoms with van der Waals surface area (Å²) in [7, 11) is 0. The van der Waals surface area contributed by atoms with Crippen LogP contribution >= 0.6 is 11.3 Å². The molecule has 1 aromatic rings. The van der Waals surface area contributed by atoms with E-state index in [0.717, 1.165) is 38.9 Å². The molecule has 1 spiro atoms. The van der Waals surface area contributed by atoms with Crippen LogP contribution in [0.25, 0.3) is 0 Å². The first-order chi connectivity index (χ1) is 11.3. The van der Waals surface area contributed by atoms with Gasteiger partial charge in [0.15, 0.2) is 0 Å². The first-order valence-electron chi connectivity index (χ1n) is 9.10. The molecule has 0 radical (unpaired) electrons. The zero-order valence-corrected chi connectivity index (χ0v) is 14.7. The van der Waals surface area contributed by atoms with Gasteiger partial charge < -0.3 is 9.47 Å². The van der Waals surface area contributed by atoms with Crippen LogP contribution < -0.4 is 0 Å². The monoisotopic (exact) mass is 336 g/mol. The van der Waals surface area contributed by atoms with E-state index < -0.39 is 0 Å². The molecule has 23 heavy (non-hydrogen) atoms. The molecule has 0 N–H and O–H groups in total. The van der Waals surface area contributed by atoms with Crippen LogP contribution in [0, 0.1) is 17.3 Å². The topological polar surface area (TPSA) is 34.6 Å². The lowest BCUT2D eigenvalue weighted by atomic mass is 9.66. The highest BCUT2D eigenvalue weighted by Crippen LogP contribution is 2.45. The quantitative estimate of drug-likeness (QED) is 0.799. The molecule has 1 aliphatic carbocycles. The summed E-state index contributed by atoms with van der Waals surface area (Å²) < 4.78 is 11.8. The number of nitrogens with zero attached hydrogens (tertiary/aromatic N) is 2. The van der Waals surface area contributed by atoms with Crippen molar-refractivity contribution in [2.45, 2.75) is 38.6 Å². The highest BCUT2D eigenvalue weighted by molar-refractivity contribution is 7.09. The van der Waals surface area contributed by atoms with E-state index in [1.54, 1.807) is 11.3 Å². The Hall–Kier alpha value is -0.490. The van der Waals surface area contributed by atoms with Crippen LogP contribution in [0.2, 0.25) is 0 Å². The summed E-state index contributed by atoms with van der Waals surface area (Å²) >= 11 is 1.77. The summed E-state index contributed by atoms with van der Waals surface area (Å²) in [5.41, 5.74) is 0.460. The van der Waals surface area contributed by atoms with Crippen LogP contribution in [0.5, 0.6) is 0 Å². The minimum atomic E-state index is 0.460. The standard InChI is InChI=1S/C18H28N2O2S/c1-2-15(1)12-22-14-16-13-21-9-5-18(16)3-7-20(8-4-18)11-17-19-6-10-23-17/h6,10,15-16H,1-5,7-9,11-14H2/t16-/m0/s1. The van der Waals surface area contributed by atoms with E-state index in [1.807, 2.05) is 6.20 Å². The van der Waals surface area contributed by atoms with Crippen molar-refractivity contribution in [1.82, 2.24) is 9.88 Å². The smallest absolute Gasteiger partial charge is 0.107 e. The highest BCUT2D eigenvalue weighted by atomic mass is 32.1. The van der Waals surface area contributed by atoms with Crippen molar-refractivity contribution in [3.05, 3.63) is 16.6 Å². The Bertz CT molecular complexity index is 481. The fraction of sp³-hybridized carbons (Fsp3) is 0.833. The zero-order valence-electron chi connectivity index (χ0n) is 13.9. The Morgan fingerprint density at radius 1 is 1.26 bits per heavy atom. The van der Waals surface area contributed by atoms with Gasteiger partial charge in [0.2, 0.25) is 0 Å². The molecular formula is C18H28N2O2S. The third-order valence-corrected chi connectivity index (χ3v) is 6.76. The highest BCUT2D eigenvalue weighted by Gasteiger charge is 2.43. The van der Waals surface area contributed by atoms with Crippen LogP contribution in [0.1, 0.15) is 37.1 Å². The largest absolute Gasteiger partial charge is 0.381 e. The Balaban J connectivity index is 1.30. The normalized spacial score (nSPS) is 28.3. The molecule has 2 aliphatic heterocycles. The predicted molar refractivity (Wildman–Crippen MR) is 91.5 cm³/mol. The number of ether oxygens (including phenoxy) is 2. The predicted octanol–water partition coefficient (Wildman–Crippen LogP) is 3.19. The number of hydrogen-bond donors (Lipinski definition) is 0. The summed E-state index contributed by atoms with van der Waals surface area (Å²) in [4.78, 5) is 7.00. The molecule has 1 atom stereocenters. The van der Waals surface area contributed by atoms with E-state index in [1.165, 1.54) is 50.2 Å². The number of rotatable bonds is 6. The second kappa shape index (κ2) is 7.18. The van der Waals surface area contributed by atoms with Gasteiger partial charge in [0.1, 0.15) is 5.01 Å². The lowest BCUT2D eigenvalue weighted by Gasteiger charge is -2.49. The molecule has 4 rings (SSSR count). The molecule has 3 aliphatic rings. The minimum absolute atomic E-state index is 0.460. The molecule has 4 nitrogen and oxygen atoms in total. The molecule has 0 bridgehead atoms. The third-order valence-electron chi connectivity index (χ3n) is 5.99. The molecular weight excluding hydrogens is 308 g/mol. The van der Waals surface area contributed by atoms with Crippen molar-refractivity contribution in [1.29, 1.82) is 0 Å². The van der Waals surface area contributed by atoms with Crippen LogP contribution in [-0.2, 0) is 16.0 Å². The van der Waals surface area contributed by atoms with Gasteiger partial charge in [-0.2, -0.15) is 0 Å². The third kappa shape index (κ3) is 3.95. The fourth-order valence-electron chi connectivity index (χ4n) is 4.11. The van der Waals surface area contributed by atoms with Crippen molar-refractivity contribution in [2.24, 2.45) is 17.3 Å². The lowest BCUT2D eigenvalue weighted by molar-refractivity contribution is -0.101. The number of hydrogen-bond acceptors (Lipinski definition) is 5. The number of likely N-dealkylation sites (tertiary alicyclic amines) is 1. The molecule has 0 aromatic carbocycles. The molecule has 3 heterocycles. The second-order valence-corrected chi connectivity index (χ2v) is 8.55. The maximum absolute atomic E-state index is 6.03. The first kappa shape index (κ1) is 16.0. The maximum Gasteiger partial charge on any atom is 0.107 e. The Morgan fingerprint density at radius 2 is 2.13 bits per heavy atom. The molecule has 0 amide bonds. The Labute approximate surface area is 143 Å². The molecule has 5 heteroatoms. The van der Waals surface area contributed by atoms with Crippen LogP contribution in [-0.4, -0.2) is 49.4 Å². The lowest BCUT2D eigenvalue weighted by Crippen LogP contribution is -2.49. The van der Waals surface area contributed by atoms with Gasteiger partial charge in [-0.25, -0.2) is 4.98 Å². The van der Waals surface area contributed by atoms with Crippen molar-refractivity contribution in [3.8, 4) is 0 Å². The van der Waals surface area contributed by atoms with Crippen LogP contribution in [0.15, 0.2) is 11.6 Å². The van der Waals surface area contributed by atoms with Gasteiger partial charge in [0.05, 0.1) is 19.8 Å². The Kier molecular flexibility index (Phi) is 4.99. The van der Waals surface area contributed by atoms with E-state index in [4.69, 9.17) is 9.47 Å². The van der Waals surface area contributed by atoms with E-state index in [2.05, 4.69) is 15.3 Å². The summed E-state index contributed by atoms with van der Waals surface area (Å²) in [5.74, 6) is 1.45. The van der Waals surface area contributed by atoms with E-state index in [-0.39, 0.29) is 0 Å². The minimum Gasteiger partial charge on any atom is -0.381 e. The zero-order chi connectivity index (χ0) is 15.5. The first-order valence-corrected chi connectivity index (χ1v) is 9.98. The molecule has 1 saturated carbocycles. The summed E-state index contributed by atoms with van der Waals surface area (Å²) in [6.45, 7) is 7.12. The average Bonchev–Trinajstić information content (AvgIpc) is 3.26. The average molecular weight is 337 g/mol. The van der Waals surface area contributed by atoms with E-state index in [9.17, 15) is 0 Å². The number of thiazole rings is 1. The molecule has 2 saturated heterocycles. The maximum atomic E-state index is 6.03. The van der Waals surface area contributed by atoms with Crippen molar-refractivity contribution in [3.63, 3.8) is 0 Å². The van der Waals surface area contributed by atoms with E-state index >= 15 is 0 Å². The van der Waals surface area contributed by atoms with Crippen molar-refractivity contribution >= 4 is 11.3 Å². The second-order valence-electron chi connectivity index (χ2n) is 7.57. The molecule has 3 fully saturated rings. The van der Waals surface area contributed by atoms with Gasteiger partial charge in [-0.15, -0.1) is 11.3 Å². The fourth-order valence-corrected chi connectivity index (χ4v) is 4.76. The van der Waals surface area contributed by atoms with Crippen LogP contribution in [0.3, 0.4) is 0 Å². The van der Waals surface area contributed by atoms with Gasteiger partial charge in [-0.3, -0.25) is 4.90 Å². The molecule has 0 unspecified atom stereocenters. The van der Waals surface area contributed by atoms with E-state index in [0.29, 0.717) is 11.3 Å². The Morgan fingerprint density at radius 3 is 2.87 bits per heavy atom. The van der Waals surface area contributed by atoms with Gasteiger partial charge in [-0.1, -0.05) is 0 Å². The molecule has 128 valence electrons. The summed E-state index contributed by atoms with van der Waals surface area (Å²) in [5, 5.41) is 3.32. The van der Waals surface area contributed by atoms with Crippen LogP contribution in [0.4, 0.5) is 0 Å². The van der Waals surface area contributed by atoms with Crippen molar-refractivity contribution in [2.75, 3.05) is 39.5 Å². The summed E-state index contributed by atoms with van der Waals surface area (Å²) in [6.07, 6.45) is 8.46. The van der Waals surface area contributed by atoms with Gasteiger partial charge in [-0.05, 0) is 56.5 Å². The van der Waals surface area contributed by atoms with Crippen molar-refractivity contribution < 1.29 is 9.47 Å². The van der Waals surface area contributed by atoms with Gasteiger partial charge >= 0.3 is 0 Å². The van der Waals surface area contributed by atoms with Gasteiger partial charge in [0, 0.05) is 30.7 Å². The number of aromatic nitrogens is 1. The summed E-state index contributed by atoms with van der Waals surface area (Å²) in [6, 6.07) is 0. The van der Waals surface area contributed by atoms with Gasteiger partial charge in [0.25, 0.3) is 0 Å². The SMILES string of the molecule is c1csc(CN2CCC3(CCOC[C@H]3COCC3CC3)CC2)n1. The molecule has 1 aromatic heterocycles. The number of piperidine rings is 1.